The highest BCUT2D eigenvalue weighted by Gasteiger charge is 1.89. The molecule has 0 bridgehead atoms. The third-order valence-corrected chi connectivity index (χ3v) is 1.54. The molecular formula is C10H13NO. The number of benzene rings is 1. The lowest BCUT2D eigenvalue weighted by Crippen LogP contribution is -1.84. The molecule has 0 N–H and O–H groups in total. The van der Waals surface area contributed by atoms with Gasteiger partial charge in [-0.15, -0.1) is 0 Å². The summed E-state index contributed by atoms with van der Waals surface area (Å²) in [5.74, 6) is 0.878. The van der Waals surface area contributed by atoms with Crippen LogP contribution in [0.5, 0.6) is 5.75 Å². The van der Waals surface area contributed by atoms with Crippen LogP contribution in [0.2, 0.25) is 0 Å². The fraction of sp³-hybridized carbons (Fsp3) is 0.300. The zero-order valence-corrected chi connectivity index (χ0v) is 7.45. The quantitative estimate of drug-likeness (QED) is 0.625. The zero-order valence-electron chi connectivity index (χ0n) is 7.45. The Kier molecular flexibility index (Phi) is 3.33. The van der Waals surface area contributed by atoms with Crippen LogP contribution in [0.25, 0.3) is 0 Å². The minimum absolute atomic E-state index is 0.825. The summed E-state index contributed by atoms with van der Waals surface area (Å²) < 4.78 is 5.03. The Labute approximate surface area is 72.9 Å². The molecule has 12 heavy (non-hydrogen) atoms. The highest BCUT2D eigenvalue weighted by atomic mass is 16.5. The van der Waals surface area contributed by atoms with E-state index in [0.717, 1.165) is 17.9 Å². The molecule has 2 nitrogen and oxygen atoms in total. The van der Waals surface area contributed by atoms with E-state index in [-0.39, 0.29) is 0 Å². The summed E-state index contributed by atoms with van der Waals surface area (Å²) in [7, 11) is 1.66. The van der Waals surface area contributed by atoms with E-state index in [9.17, 15) is 0 Å². The van der Waals surface area contributed by atoms with Crippen LogP contribution in [-0.2, 0) is 0 Å². The molecule has 0 aromatic heterocycles. The Bertz CT molecular complexity index is 251. The second kappa shape index (κ2) is 4.54. The summed E-state index contributed by atoms with van der Waals surface area (Å²) in [6.45, 7) is 2.84. The Morgan fingerprint density at radius 1 is 1.33 bits per heavy atom. The topological polar surface area (TPSA) is 21.6 Å². The lowest BCUT2D eigenvalue weighted by atomic mass is 10.2. The van der Waals surface area contributed by atoms with E-state index >= 15 is 0 Å². The Hall–Kier alpha value is -1.31. The van der Waals surface area contributed by atoms with Crippen molar-refractivity contribution in [2.75, 3.05) is 13.7 Å². The molecule has 0 saturated heterocycles. The normalized spacial score (nSPS) is 10.5. The van der Waals surface area contributed by atoms with Gasteiger partial charge in [0.2, 0.25) is 0 Å². The summed E-state index contributed by atoms with van der Waals surface area (Å²) >= 11 is 0. The molecule has 1 aromatic carbocycles. The smallest absolute Gasteiger partial charge is 0.118 e. The van der Waals surface area contributed by atoms with Crippen LogP contribution in [0.15, 0.2) is 29.3 Å². The lowest BCUT2D eigenvalue weighted by molar-refractivity contribution is 0.415. The summed E-state index contributed by atoms with van der Waals surface area (Å²) in [4.78, 5) is 4.13. The summed E-state index contributed by atoms with van der Waals surface area (Å²) in [6.07, 6.45) is 1.86. The molecule has 0 radical (unpaired) electrons. The molecule has 64 valence electrons. The maximum Gasteiger partial charge on any atom is 0.118 e. The second-order valence-corrected chi connectivity index (χ2v) is 2.40. The molecule has 0 saturated carbocycles. The predicted octanol–water partition coefficient (Wildman–Crippen LogP) is 2.13. The van der Waals surface area contributed by atoms with Crippen LogP contribution in [-0.4, -0.2) is 19.9 Å². The molecule has 1 rings (SSSR count). The van der Waals surface area contributed by atoms with Gasteiger partial charge in [0.25, 0.3) is 0 Å². The summed E-state index contributed by atoms with van der Waals surface area (Å²) in [5.41, 5.74) is 1.11. The molecule has 0 fully saturated rings. The minimum atomic E-state index is 0.825. The van der Waals surface area contributed by atoms with Crippen molar-refractivity contribution < 1.29 is 4.74 Å². The van der Waals surface area contributed by atoms with E-state index in [0.29, 0.717) is 0 Å². The highest BCUT2D eigenvalue weighted by molar-refractivity contribution is 5.79. The van der Waals surface area contributed by atoms with Crippen LogP contribution >= 0.6 is 0 Å². The van der Waals surface area contributed by atoms with Crippen LogP contribution in [0.4, 0.5) is 0 Å². The first kappa shape index (κ1) is 8.78. The Morgan fingerprint density at radius 2 is 2.00 bits per heavy atom. The van der Waals surface area contributed by atoms with E-state index in [1.165, 1.54) is 0 Å². The van der Waals surface area contributed by atoms with Gasteiger partial charge >= 0.3 is 0 Å². The minimum Gasteiger partial charge on any atom is -0.497 e. The van der Waals surface area contributed by atoms with Gasteiger partial charge in [0.1, 0.15) is 5.75 Å². The van der Waals surface area contributed by atoms with Gasteiger partial charge in [-0.3, -0.25) is 4.99 Å². The molecule has 0 heterocycles. The molecule has 0 amide bonds. The first-order valence-electron chi connectivity index (χ1n) is 4.00. The Balaban J connectivity index is 2.71. The van der Waals surface area contributed by atoms with Crippen molar-refractivity contribution >= 4 is 6.21 Å². The third-order valence-electron chi connectivity index (χ3n) is 1.54. The maximum absolute atomic E-state index is 5.03. The van der Waals surface area contributed by atoms with Gasteiger partial charge in [0, 0.05) is 12.8 Å². The lowest BCUT2D eigenvalue weighted by Gasteiger charge is -1.98. The number of ether oxygens (including phenoxy) is 1. The van der Waals surface area contributed by atoms with E-state index in [1.54, 1.807) is 7.11 Å². The fourth-order valence-electron chi connectivity index (χ4n) is 0.887. The molecule has 0 aliphatic rings. The van der Waals surface area contributed by atoms with Crippen molar-refractivity contribution in [2.24, 2.45) is 4.99 Å². The first-order valence-corrected chi connectivity index (χ1v) is 4.00. The van der Waals surface area contributed by atoms with Crippen LogP contribution in [0, 0.1) is 0 Å². The van der Waals surface area contributed by atoms with Crippen molar-refractivity contribution in [3.63, 3.8) is 0 Å². The average molecular weight is 163 g/mol. The average Bonchev–Trinajstić information content (AvgIpc) is 2.15. The van der Waals surface area contributed by atoms with Gasteiger partial charge in [0.15, 0.2) is 0 Å². The largest absolute Gasteiger partial charge is 0.497 e. The van der Waals surface area contributed by atoms with Crippen molar-refractivity contribution in [1.82, 2.24) is 0 Å². The number of aliphatic imine (C=N–C) groups is 1. The summed E-state index contributed by atoms with van der Waals surface area (Å²) in [5, 5.41) is 0. The molecule has 1 aromatic rings. The van der Waals surface area contributed by atoms with Crippen LogP contribution in [0.3, 0.4) is 0 Å². The van der Waals surface area contributed by atoms with Gasteiger partial charge in [0.05, 0.1) is 7.11 Å². The van der Waals surface area contributed by atoms with Crippen molar-refractivity contribution in [2.45, 2.75) is 6.92 Å². The molecule has 0 aliphatic carbocycles. The van der Waals surface area contributed by atoms with Crippen LogP contribution in [0.1, 0.15) is 12.5 Å². The van der Waals surface area contributed by atoms with E-state index < -0.39 is 0 Å². The second-order valence-electron chi connectivity index (χ2n) is 2.40. The number of hydrogen-bond donors (Lipinski definition) is 0. The molecule has 0 atom stereocenters. The molecule has 2 heteroatoms. The molecule has 0 aliphatic heterocycles. The van der Waals surface area contributed by atoms with Gasteiger partial charge in [-0.1, -0.05) is 0 Å². The molecular weight excluding hydrogens is 150 g/mol. The standard InChI is InChI=1S/C10H13NO/c1-3-11-8-9-4-6-10(12-2)7-5-9/h4-8H,3H2,1-2H3/b11-8+. The number of methoxy groups -OCH3 is 1. The van der Waals surface area contributed by atoms with Gasteiger partial charge in [-0.25, -0.2) is 0 Å². The number of hydrogen-bond acceptors (Lipinski definition) is 2. The first-order chi connectivity index (χ1) is 5.86. The monoisotopic (exact) mass is 163 g/mol. The molecule has 0 unspecified atom stereocenters. The van der Waals surface area contributed by atoms with Crippen molar-refractivity contribution in [3.8, 4) is 5.75 Å². The van der Waals surface area contributed by atoms with Crippen LogP contribution < -0.4 is 4.74 Å². The Morgan fingerprint density at radius 3 is 2.50 bits per heavy atom. The van der Waals surface area contributed by atoms with Crippen molar-refractivity contribution in [3.05, 3.63) is 29.8 Å². The van der Waals surface area contributed by atoms with E-state index in [2.05, 4.69) is 4.99 Å². The van der Waals surface area contributed by atoms with Gasteiger partial charge < -0.3 is 4.74 Å². The van der Waals surface area contributed by atoms with E-state index in [4.69, 9.17) is 4.74 Å². The SMILES string of the molecule is CC/N=C/c1ccc(OC)cc1. The number of rotatable bonds is 3. The fourth-order valence-corrected chi connectivity index (χ4v) is 0.887. The van der Waals surface area contributed by atoms with E-state index in [1.807, 2.05) is 37.4 Å². The van der Waals surface area contributed by atoms with Gasteiger partial charge in [-0.2, -0.15) is 0 Å². The highest BCUT2D eigenvalue weighted by Crippen LogP contribution is 2.09. The number of nitrogens with zero attached hydrogens (tertiary/aromatic N) is 1. The van der Waals surface area contributed by atoms with Crippen molar-refractivity contribution in [1.29, 1.82) is 0 Å². The molecule has 0 spiro atoms. The zero-order chi connectivity index (χ0) is 8.81. The van der Waals surface area contributed by atoms with Gasteiger partial charge in [-0.05, 0) is 36.8 Å². The summed E-state index contributed by atoms with van der Waals surface area (Å²) in [6, 6.07) is 7.82. The third kappa shape index (κ3) is 2.38. The maximum atomic E-state index is 5.03. The predicted molar refractivity (Wildman–Crippen MR) is 51.1 cm³/mol.